The molecule has 0 aromatic carbocycles. The lowest BCUT2D eigenvalue weighted by atomic mass is 9.44. The molecule has 4 rings (SSSR count). The fourth-order valence-electron chi connectivity index (χ4n) is 9.19. The Hall–Kier alpha value is -0.530. The largest absolute Gasteiger partial charge is 0.463 e. The van der Waals surface area contributed by atoms with E-state index in [-0.39, 0.29) is 12.1 Å². The molecule has 2 heteroatoms. The summed E-state index contributed by atoms with van der Waals surface area (Å²) in [5.74, 6) is 5.40. The van der Waals surface area contributed by atoms with Crippen LogP contribution in [-0.4, -0.2) is 12.1 Å². The third-order valence-corrected chi connectivity index (χ3v) is 10.5. The zero-order valence-electron chi connectivity index (χ0n) is 19.1. The Bertz CT molecular complexity index is 585. The molecule has 0 saturated heterocycles. The Labute approximate surface area is 173 Å². The maximum Gasteiger partial charge on any atom is 0.302 e. The maximum atomic E-state index is 11.5. The number of carbonyl (C=O) groups excluding carboxylic acids is 1. The van der Waals surface area contributed by atoms with Gasteiger partial charge in [0.1, 0.15) is 6.10 Å². The summed E-state index contributed by atoms with van der Waals surface area (Å²) in [6, 6.07) is 0. The number of fused-ring (bicyclic) bond motifs is 5. The number of hydrogen-bond donors (Lipinski definition) is 0. The molecule has 0 bridgehead atoms. The van der Waals surface area contributed by atoms with Gasteiger partial charge in [-0.05, 0) is 104 Å². The van der Waals surface area contributed by atoms with E-state index in [0.29, 0.717) is 10.8 Å². The average Bonchev–Trinajstić information content (AvgIpc) is 2.99. The summed E-state index contributed by atoms with van der Waals surface area (Å²) >= 11 is 0. The van der Waals surface area contributed by atoms with E-state index in [1.807, 2.05) is 0 Å². The van der Waals surface area contributed by atoms with Gasteiger partial charge in [-0.1, -0.05) is 40.5 Å². The average molecular weight is 389 g/mol. The molecule has 28 heavy (non-hydrogen) atoms. The zero-order valence-corrected chi connectivity index (χ0v) is 19.1. The Morgan fingerprint density at radius 2 is 1.71 bits per heavy atom. The number of esters is 1. The highest BCUT2D eigenvalue weighted by Gasteiger charge is 2.60. The van der Waals surface area contributed by atoms with E-state index in [4.69, 9.17) is 4.74 Å². The minimum atomic E-state index is -0.0890. The predicted molar refractivity (Wildman–Crippen MR) is 115 cm³/mol. The van der Waals surface area contributed by atoms with Gasteiger partial charge in [-0.15, -0.1) is 0 Å². The number of ether oxygens (including phenoxy) is 1. The molecule has 9 atom stereocenters. The summed E-state index contributed by atoms with van der Waals surface area (Å²) in [6.07, 6.45) is 15.1. The molecular weight excluding hydrogens is 344 g/mol. The van der Waals surface area contributed by atoms with Crippen LogP contribution in [0.15, 0.2) is 0 Å². The van der Waals surface area contributed by atoms with Crippen molar-refractivity contribution in [2.45, 2.75) is 111 Å². The lowest BCUT2D eigenvalue weighted by molar-refractivity contribution is -0.160. The van der Waals surface area contributed by atoms with Crippen LogP contribution in [0.3, 0.4) is 0 Å². The molecule has 4 aliphatic rings. The van der Waals surface area contributed by atoms with Crippen molar-refractivity contribution < 1.29 is 9.53 Å². The highest BCUT2D eigenvalue weighted by Crippen LogP contribution is 2.68. The quantitative estimate of drug-likeness (QED) is 0.484. The summed E-state index contributed by atoms with van der Waals surface area (Å²) in [4.78, 5) is 11.5. The predicted octanol–water partition coefficient (Wildman–Crippen LogP) is 7.01. The van der Waals surface area contributed by atoms with Gasteiger partial charge in [0.25, 0.3) is 0 Å². The lowest BCUT2D eigenvalue weighted by Gasteiger charge is -2.61. The Balaban J connectivity index is 1.50. The molecule has 0 heterocycles. The first-order valence-corrected chi connectivity index (χ1v) is 12.5. The van der Waals surface area contributed by atoms with E-state index in [2.05, 4.69) is 27.7 Å². The monoisotopic (exact) mass is 388 g/mol. The zero-order chi connectivity index (χ0) is 20.1. The van der Waals surface area contributed by atoms with Gasteiger partial charge in [0.05, 0.1) is 0 Å². The smallest absolute Gasteiger partial charge is 0.302 e. The molecule has 0 aromatic rings. The van der Waals surface area contributed by atoms with Crippen molar-refractivity contribution in [1.29, 1.82) is 0 Å². The lowest BCUT2D eigenvalue weighted by Crippen LogP contribution is -2.54. The van der Waals surface area contributed by atoms with E-state index in [0.717, 1.165) is 48.3 Å². The molecular formula is C26H44O2. The van der Waals surface area contributed by atoms with Crippen molar-refractivity contribution in [1.82, 2.24) is 0 Å². The van der Waals surface area contributed by atoms with Gasteiger partial charge in [-0.2, -0.15) is 0 Å². The topological polar surface area (TPSA) is 26.3 Å². The molecule has 0 unspecified atom stereocenters. The van der Waals surface area contributed by atoms with Crippen LogP contribution in [0, 0.1) is 46.3 Å². The minimum Gasteiger partial charge on any atom is -0.463 e. The molecule has 0 aromatic heterocycles. The second kappa shape index (κ2) is 7.62. The van der Waals surface area contributed by atoms with Gasteiger partial charge in [-0.25, -0.2) is 0 Å². The molecule has 4 saturated carbocycles. The van der Waals surface area contributed by atoms with Crippen LogP contribution < -0.4 is 0 Å². The van der Waals surface area contributed by atoms with Gasteiger partial charge in [0, 0.05) is 6.92 Å². The van der Waals surface area contributed by atoms with Crippen molar-refractivity contribution in [3.05, 3.63) is 0 Å². The standard InChI is InChI=1S/C26H44O2/c1-6-7-17(2)22-10-11-23-21-9-8-19-16-20(28-18(3)27)12-14-25(19,4)24(21)13-15-26(22,23)5/h17,19-24H,6-16H2,1-5H3/t17-,19-,20-,21+,22-,23+,24+,25+,26-/m1/s1. The number of carbonyl (C=O) groups is 1. The van der Waals surface area contributed by atoms with E-state index >= 15 is 0 Å². The Kier molecular flexibility index (Phi) is 5.64. The molecule has 0 aliphatic heterocycles. The summed E-state index contributed by atoms with van der Waals surface area (Å²) < 4.78 is 5.63. The summed E-state index contributed by atoms with van der Waals surface area (Å²) in [7, 11) is 0. The van der Waals surface area contributed by atoms with Crippen molar-refractivity contribution >= 4 is 5.97 Å². The van der Waals surface area contributed by atoms with Crippen LogP contribution >= 0.6 is 0 Å². The molecule has 160 valence electrons. The van der Waals surface area contributed by atoms with Gasteiger partial charge < -0.3 is 4.74 Å². The summed E-state index contributed by atoms with van der Waals surface area (Å²) in [5.41, 5.74) is 1.10. The van der Waals surface area contributed by atoms with E-state index in [9.17, 15) is 4.79 Å². The van der Waals surface area contributed by atoms with Crippen LogP contribution in [0.4, 0.5) is 0 Å². The maximum absolute atomic E-state index is 11.5. The second-order valence-electron chi connectivity index (χ2n) is 11.7. The van der Waals surface area contributed by atoms with E-state index in [1.54, 1.807) is 6.92 Å². The fraction of sp³-hybridized carbons (Fsp3) is 0.962. The van der Waals surface area contributed by atoms with E-state index in [1.165, 1.54) is 57.8 Å². The molecule has 0 N–H and O–H groups in total. The van der Waals surface area contributed by atoms with Crippen molar-refractivity contribution in [3.8, 4) is 0 Å². The third kappa shape index (κ3) is 3.25. The Morgan fingerprint density at radius 1 is 1.00 bits per heavy atom. The summed E-state index contributed by atoms with van der Waals surface area (Å²) in [5, 5.41) is 0. The highest BCUT2D eigenvalue weighted by atomic mass is 16.5. The first-order chi connectivity index (χ1) is 13.3. The van der Waals surface area contributed by atoms with Crippen LogP contribution in [0.1, 0.15) is 105 Å². The van der Waals surface area contributed by atoms with Crippen LogP contribution in [0.25, 0.3) is 0 Å². The van der Waals surface area contributed by atoms with Crippen molar-refractivity contribution in [2.75, 3.05) is 0 Å². The normalized spacial score (nSPS) is 48.9. The first kappa shape index (κ1) is 20.7. The van der Waals surface area contributed by atoms with Crippen molar-refractivity contribution in [3.63, 3.8) is 0 Å². The number of hydrogen-bond acceptors (Lipinski definition) is 2. The fourth-order valence-corrected chi connectivity index (χ4v) is 9.19. The molecule has 4 aliphatic carbocycles. The van der Waals surface area contributed by atoms with Gasteiger partial charge in [0.2, 0.25) is 0 Å². The minimum absolute atomic E-state index is 0.0890. The van der Waals surface area contributed by atoms with E-state index < -0.39 is 0 Å². The molecule has 0 radical (unpaired) electrons. The third-order valence-electron chi connectivity index (χ3n) is 10.5. The van der Waals surface area contributed by atoms with Gasteiger partial charge in [0.15, 0.2) is 0 Å². The highest BCUT2D eigenvalue weighted by molar-refractivity contribution is 5.66. The van der Waals surface area contributed by atoms with Gasteiger partial charge in [-0.3, -0.25) is 4.79 Å². The first-order valence-electron chi connectivity index (χ1n) is 12.5. The van der Waals surface area contributed by atoms with Crippen molar-refractivity contribution in [2.24, 2.45) is 46.3 Å². The SMILES string of the molecule is CCC[C@@H](C)[C@H]1CC[C@H]2[C@@H]3CC[C@@H]4C[C@H](OC(C)=O)CC[C@]4(C)[C@H]3CC[C@]12C. The molecule has 2 nitrogen and oxygen atoms in total. The van der Waals surface area contributed by atoms with Crippen LogP contribution in [0.5, 0.6) is 0 Å². The molecule has 0 spiro atoms. The summed E-state index contributed by atoms with van der Waals surface area (Å²) in [6.45, 7) is 11.8. The van der Waals surface area contributed by atoms with Crippen LogP contribution in [0.2, 0.25) is 0 Å². The number of rotatable bonds is 4. The second-order valence-corrected chi connectivity index (χ2v) is 11.7. The molecule has 0 amide bonds. The molecule has 4 fully saturated rings. The van der Waals surface area contributed by atoms with Crippen LogP contribution in [-0.2, 0) is 9.53 Å². The van der Waals surface area contributed by atoms with Gasteiger partial charge >= 0.3 is 5.97 Å². The Morgan fingerprint density at radius 3 is 2.43 bits per heavy atom.